The average Bonchev–Trinajstić information content (AvgIpc) is 3.56. The molecule has 3 rings (SSSR count). The molecule has 2 aliphatic rings. The molecule has 2 N–H and O–H groups in total. The summed E-state index contributed by atoms with van der Waals surface area (Å²) in [6.45, 7) is 0.168. The van der Waals surface area contributed by atoms with Gasteiger partial charge in [0.25, 0.3) is 0 Å². The topological polar surface area (TPSA) is 91.3 Å². The van der Waals surface area contributed by atoms with Crippen molar-refractivity contribution in [3.05, 3.63) is 29.6 Å². The number of aliphatic hydroxyl groups is 1. The second-order valence-electron chi connectivity index (χ2n) is 7.91. The molecule has 12 heteroatoms. The standard InChI is InChI=1S/C20H25F4N3O5/c1-31-19(30)26-9-12(11-28)6-15(10-26)27(14-3-4-14)18(29)25-8-13-2-5-16(7-17(13)21)32-20(22,23)24/h2,5,7,12,14-15,28H,3-4,6,8-11H2,1H3,(H,25,29)/t12-,15-/m1/s1. The number of nitrogens with one attached hydrogen (secondary N) is 1. The van der Waals surface area contributed by atoms with E-state index in [-0.39, 0.29) is 43.3 Å². The Balaban J connectivity index is 1.66. The first-order chi connectivity index (χ1) is 15.1. The summed E-state index contributed by atoms with van der Waals surface area (Å²) in [5.74, 6) is -1.86. The van der Waals surface area contributed by atoms with Gasteiger partial charge < -0.3 is 29.7 Å². The van der Waals surface area contributed by atoms with Gasteiger partial charge in [-0.05, 0) is 25.3 Å². The number of ether oxygens (including phenoxy) is 2. The molecule has 1 saturated carbocycles. The van der Waals surface area contributed by atoms with Crippen LogP contribution in [0, 0.1) is 11.7 Å². The molecule has 178 valence electrons. The number of piperidine rings is 1. The van der Waals surface area contributed by atoms with Crippen LogP contribution in [0.25, 0.3) is 0 Å². The number of likely N-dealkylation sites (tertiary alicyclic amines) is 1. The summed E-state index contributed by atoms with van der Waals surface area (Å²) in [6, 6.07) is 1.81. The predicted octanol–water partition coefficient (Wildman–Crippen LogP) is 2.85. The van der Waals surface area contributed by atoms with E-state index in [1.54, 1.807) is 4.90 Å². The maximum atomic E-state index is 14.2. The highest BCUT2D eigenvalue weighted by Gasteiger charge is 2.42. The van der Waals surface area contributed by atoms with Gasteiger partial charge in [-0.15, -0.1) is 13.2 Å². The molecule has 1 heterocycles. The minimum absolute atomic E-state index is 0.00307. The lowest BCUT2D eigenvalue weighted by Crippen LogP contribution is -2.57. The van der Waals surface area contributed by atoms with Crippen LogP contribution < -0.4 is 10.1 Å². The minimum atomic E-state index is -4.93. The van der Waals surface area contributed by atoms with Gasteiger partial charge in [-0.1, -0.05) is 6.07 Å². The Kier molecular flexibility index (Phi) is 7.32. The maximum Gasteiger partial charge on any atom is 0.573 e. The first-order valence-corrected chi connectivity index (χ1v) is 10.1. The molecular weight excluding hydrogens is 438 g/mol. The molecule has 1 saturated heterocycles. The van der Waals surface area contributed by atoms with E-state index in [1.807, 2.05) is 0 Å². The normalized spacial score (nSPS) is 21.1. The fourth-order valence-corrected chi connectivity index (χ4v) is 3.90. The van der Waals surface area contributed by atoms with Gasteiger partial charge in [-0.2, -0.15) is 0 Å². The number of amides is 3. The molecule has 1 aliphatic heterocycles. The Morgan fingerprint density at radius 3 is 2.53 bits per heavy atom. The number of carbonyl (C=O) groups excluding carboxylic acids is 2. The number of hydrogen-bond donors (Lipinski definition) is 2. The van der Waals surface area contributed by atoms with Crippen LogP contribution in [0.4, 0.5) is 27.2 Å². The minimum Gasteiger partial charge on any atom is -0.453 e. The van der Waals surface area contributed by atoms with E-state index in [4.69, 9.17) is 4.74 Å². The van der Waals surface area contributed by atoms with Gasteiger partial charge in [0, 0.05) is 49.8 Å². The first-order valence-electron chi connectivity index (χ1n) is 10.1. The summed E-state index contributed by atoms with van der Waals surface area (Å²) in [4.78, 5) is 28.0. The third-order valence-electron chi connectivity index (χ3n) is 5.46. The molecule has 1 aliphatic carbocycles. The zero-order valence-electron chi connectivity index (χ0n) is 17.4. The lowest BCUT2D eigenvalue weighted by molar-refractivity contribution is -0.274. The van der Waals surface area contributed by atoms with Crippen molar-refractivity contribution in [3.63, 3.8) is 0 Å². The number of urea groups is 1. The van der Waals surface area contributed by atoms with Crippen LogP contribution in [0.3, 0.4) is 0 Å². The summed E-state index contributed by atoms with van der Waals surface area (Å²) in [5.41, 5.74) is -0.00307. The molecule has 2 fully saturated rings. The molecule has 2 atom stereocenters. The summed E-state index contributed by atoms with van der Waals surface area (Å²) in [6.07, 6.45) is -3.43. The van der Waals surface area contributed by atoms with Crippen molar-refractivity contribution in [2.24, 2.45) is 5.92 Å². The number of methoxy groups -OCH3 is 1. The number of aliphatic hydroxyl groups excluding tert-OH is 1. The van der Waals surface area contributed by atoms with E-state index in [0.717, 1.165) is 25.0 Å². The Labute approximate surface area is 182 Å². The number of nitrogens with zero attached hydrogens (tertiary/aromatic N) is 2. The molecule has 0 radical (unpaired) electrons. The van der Waals surface area contributed by atoms with Crippen molar-refractivity contribution in [2.45, 2.75) is 44.3 Å². The fraction of sp³-hybridized carbons (Fsp3) is 0.600. The molecule has 3 amide bonds. The van der Waals surface area contributed by atoms with Crippen molar-refractivity contribution >= 4 is 12.1 Å². The molecule has 0 unspecified atom stereocenters. The van der Waals surface area contributed by atoms with Crippen molar-refractivity contribution < 1.29 is 41.7 Å². The van der Waals surface area contributed by atoms with Gasteiger partial charge in [0.15, 0.2) is 0 Å². The van der Waals surface area contributed by atoms with Crippen molar-refractivity contribution in [1.29, 1.82) is 0 Å². The third kappa shape index (κ3) is 6.15. The Morgan fingerprint density at radius 1 is 1.25 bits per heavy atom. The molecule has 0 bridgehead atoms. The van der Waals surface area contributed by atoms with Gasteiger partial charge >= 0.3 is 18.5 Å². The number of halogens is 4. The molecule has 0 spiro atoms. The quantitative estimate of drug-likeness (QED) is 0.634. The number of benzene rings is 1. The Hall–Kier alpha value is -2.76. The van der Waals surface area contributed by atoms with E-state index in [1.165, 1.54) is 12.0 Å². The Morgan fingerprint density at radius 2 is 1.97 bits per heavy atom. The molecule has 8 nitrogen and oxygen atoms in total. The Bertz CT molecular complexity index is 834. The van der Waals surface area contributed by atoms with Gasteiger partial charge in [0.2, 0.25) is 0 Å². The highest BCUT2D eigenvalue weighted by Crippen LogP contribution is 2.33. The molecule has 0 aromatic heterocycles. The predicted molar refractivity (Wildman–Crippen MR) is 103 cm³/mol. The van der Waals surface area contributed by atoms with Crippen LogP contribution in [0.1, 0.15) is 24.8 Å². The lowest BCUT2D eigenvalue weighted by Gasteiger charge is -2.41. The van der Waals surface area contributed by atoms with Crippen LogP contribution in [-0.2, 0) is 11.3 Å². The summed E-state index contributed by atoms with van der Waals surface area (Å²) in [5, 5.41) is 12.2. The fourth-order valence-electron chi connectivity index (χ4n) is 3.90. The second kappa shape index (κ2) is 9.80. The first kappa shape index (κ1) is 23.9. The highest BCUT2D eigenvalue weighted by molar-refractivity contribution is 5.75. The van der Waals surface area contributed by atoms with Crippen molar-refractivity contribution in [1.82, 2.24) is 15.1 Å². The number of carbonyl (C=O) groups is 2. The van der Waals surface area contributed by atoms with E-state index in [0.29, 0.717) is 19.0 Å². The van der Waals surface area contributed by atoms with Crippen LogP contribution in [0.2, 0.25) is 0 Å². The third-order valence-corrected chi connectivity index (χ3v) is 5.46. The number of hydrogen-bond acceptors (Lipinski definition) is 5. The number of alkyl halides is 3. The van der Waals surface area contributed by atoms with E-state index in [2.05, 4.69) is 10.1 Å². The second-order valence-corrected chi connectivity index (χ2v) is 7.91. The van der Waals surface area contributed by atoms with Gasteiger partial charge in [0.05, 0.1) is 13.2 Å². The van der Waals surface area contributed by atoms with Crippen molar-refractivity contribution in [3.8, 4) is 5.75 Å². The lowest BCUT2D eigenvalue weighted by atomic mass is 9.94. The van der Waals surface area contributed by atoms with Gasteiger partial charge in [-0.3, -0.25) is 0 Å². The van der Waals surface area contributed by atoms with Crippen LogP contribution in [0.15, 0.2) is 18.2 Å². The zero-order valence-corrected chi connectivity index (χ0v) is 17.4. The van der Waals surface area contributed by atoms with Crippen LogP contribution in [0.5, 0.6) is 5.75 Å². The van der Waals surface area contributed by atoms with E-state index >= 15 is 0 Å². The van der Waals surface area contributed by atoms with E-state index < -0.39 is 30.1 Å². The molecule has 32 heavy (non-hydrogen) atoms. The van der Waals surface area contributed by atoms with Crippen LogP contribution in [-0.4, -0.2) is 72.3 Å². The van der Waals surface area contributed by atoms with Crippen LogP contribution >= 0.6 is 0 Å². The average molecular weight is 463 g/mol. The SMILES string of the molecule is COC(=O)N1C[C@H](CO)C[C@@H](N(C(=O)NCc2ccc(OC(F)(F)F)cc2F)C2CC2)C1. The summed E-state index contributed by atoms with van der Waals surface area (Å²) < 4.78 is 59.4. The smallest absolute Gasteiger partial charge is 0.453 e. The largest absolute Gasteiger partial charge is 0.573 e. The van der Waals surface area contributed by atoms with Crippen molar-refractivity contribution in [2.75, 3.05) is 26.8 Å². The summed E-state index contributed by atoms with van der Waals surface area (Å²) in [7, 11) is 1.25. The monoisotopic (exact) mass is 463 g/mol. The maximum absolute atomic E-state index is 14.2. The number of rotatable bonds is 6. The highest BCUT2D eigenvalue weighted by atomic mass is 19.4. The summed E-state index contributed by atoms with van der Waals surface area (Å²) >= 11 is 0. The van der Waals surface area contributed by atoms with Gasteiger partial charge in [-0.25, -0.2) is 14.0 Å². The molecule has 1 aromatic rings. The molecular formula is C20H25F4N3O5. The van der Waals surface area contributed by atoms with Gasteiger partial charge in [0.1, 0.15) is 11.6 Å². The van der Waals surface area contributed by atoms with E-state index in [9.17, 15) is 32.3 Å². The zero-order chi connectivity index (χ0) is 23.5. The molecule has 1 aromatic carbocycles.